The van der Waals surface area contributed by atoms with Gasteiger partial charge in [-0.2, -0.15) is 0 Å². The van der Waals surface area contributed by atoms with Crippen LogP contribution in [0.2, 0.25) is 0 Å². The Morgan fingerprint density at radius 3 is 2.52 bits per heavy atom. The van der Waals surface area contributed by atoms with Crippen LogP contribution in [0.25, 0.3) is 11.0 Å². The lowest BCUT2D eigenvalue weighted by Gasteiger charge is -2.32. The average molecular weight is 546 g/mol. The summed E-state index contributed by atoms with van der Waals surface area (Å²) in [4.78, 5) is 29.5. The summed E-state index contributed by atoms with van der Waals surface area (Å²) < 4.78 is 18.1. The molecule has 0 aliphatic carbocycles. The van der Waals surface area contributed by atoms with E-state index in [1.807, 2.05) is 61.5 Å². The summed E-state index contributed by atoms with van der Waals surface area (Å²) in [6, 6.07) is 21.3. The molecule has 40 heavy (non-hydrogen) atoms. The van der Waals surface area contributed by atoms with Crippen LogP contribution in [-0.2, 0) is 27.4 Å². The number of ether oxygens (including phenoxy) is 3. The second-order valence-electron chi connectivity index (χ2n) is 9.09. The highest BCUT2D eigenvalue weighted by molar-refractivity contribution is 5.90. The predicted octanol–water partition coefficient (Wildman–Crippen LogP) is 3.76. The van der Waals surface area contributed by atoms with Gasteiger partial charge in [-0.05, 0) is 43.2 Å². The SMILES string of the molecule is CCOCCCN(C(=O)Cn1nnc2ccccc21)C(C(=O)NCc1ccccc1)c1ccc(OC)cc1OC. The van der Waals surface area contributed by atoms with Gasteiger partial charge in [-0.3, -0.25) is 9.59 Å². The van der Waals surface area contributed by atoms with Crippen LogP contribution in [0.3, 0.4) is 0 Å². The first-order valence-corrected chi connectivity index (χ1v) is 13.2. The van der Waals surface area contributed by atoms with Gasteiger partial charge >= 0.3 is 0 Å². The van der Waals surface area contributed by atoms with Crippen molar-refractivity contribution in [2.24, 2.45) is 0 Å². The number of benzene rings is 3. The summed E-state index contributed by atoms with van der Waals surface area (Å²) in [5, 5.41) is 11.4. The van der Waals surface area contributed by atoms with Crippen LogP contribution in [0.5, 0.6) is 11.5 Å². The van der Waals surface area contributed by atoms with Gasteiger partial charge in [0, 0.05) is 37.9 Å². The maximum Gasteiger partial charge on any atom is 0.247 e. The number of aromatic nitrogens is 3. The Hall–Kier alpha value is -4.44. The molecular formula is C30H35N5O5. The molecule has 1 aromatic heterocycles. The van der Waals surface area contributed by atoms with Gasteiger partial charge < -0.3 is 24.4 Å². The third kappa shape index (κ3) is 6.95. The van der Waals surface area contributed by atoms with Crippen LogP contribution in [-0.4, -0.2) is 65.7 Å². The van der Waals surface area contributed by atoms with Crippen LogP contribution in [0.4, 0.5) is 0 Å². The van der Waals surface area contributed by atoms with E-state index in [0.29, 0.717) is 48.8 Å². The van der Waals surface area contributed by atoms with E-state index in [1.165, 1.54) is 7.11 Å². The summed E-state index contributed by atoms with van der Waals surface area (Å²) in [5.74, 6) is 0.394. The molecule has 10 heteroatoms. The maximum atomic E-state index is 14.0. The number of nitrogens with one attached hydrogen (secondary N) is 1. The van der Waals surface area contributed by atoms with E-state index in [1.54, 1.807) is 34.9 Å². The lowest BCUT2D eigenvalue weighted by atomic mass is 10.0. The zero-order valence-electron chi connectivity index (χ0n) is 23.1. The van der Waals surface area contributed by atoms with Gasteiger partial charge in [0.15, 0.2) is 0 Å². The fourth-order valence-corrected chi connectivity index (χ4v) is 4.51. The van der Waals surface area contributed by atoms with Crippen molar-refractivity contribution in [3.8, 4) is 11.5 Å². The normalized spacial score (nSPS) is 11.7. The highest BCUT2D eigenvalue weighted by Gasteiger charge is 2.34. The van der Waals surface area contributed by atoms with Crippen LogP contribution in [0.15, 0.2) is 72.8 Å². The van der Waals surface area contributed by atoms with E-state index < -0.39 is 6.04 Å². The topological polar surface area (TPSA) is 108 Å². The van der Waals surface area contributed by atoms with Crippen LogP contribution >= 0.6 is 0 Å². The van der Waals surface area contributed by atoms with Crippen molar-refractivity contribution in [2.45, 2.75) is 32.5 Å². The number of para-hydroxylation sites is 1. The van der Waals surface area contributed by atoms with E-state index in [9.17, 15) is 9.59 Å². The predicted molar refractivity (Wildman–Crippen MR) is 151 cm³/mol. The molecule has 0 spiro atoms. The minimum absolute atomic E-state index is 0.0872. The smallest absolute Gasteiger partial charge is 0.247 e. The van der Waals surface area contributed by atoms with E-state index in [2.05, 4.69) is 15.6 Å². The molecule has 0 aliphatic rings. The van der Waals surface area contributed by atoms with Gasteiger partial charge in [0.25, 0.3) is 0 Å². The zero-order chi connectivity index (χ0) is 28.3. The summed E-state index contributed by atoms with van der Waals surface area (Å²) in [6.07, 6.45) is 0.540. The molecule has 0 bridgehead atoms. The third-order valence-electron chi connectivity index (χ3n) is 6.52. The summed E-state index contributed by atoms with van der Waals surface area (Å²) in [6.45, 7) is 3.43. The number of hydrogen-bond donors (Lipinski definition) is 1. The Bertz CT molecular complexity index is 1410. The van der Waals surface area contributed by atoms with Crippen LogP contribution in [0, 0.1) is 0 Å². The molecule has 0 saturated heterocycles. The molecule has 4 aromatic rings. The first-order chi connectivity index (χ1) is 19.5. The molecule has 0 radical (unpaired) electrons. The van der Waals surface area contributed by atoms with E-state index in [4.69, 9.17) is 14.2 Å². The number of hydrogen-bond acceptors (Lipinski definition) is 7. The fourth-order valence-electron chi connectivity index (χ4n) is 4.51. The van der Waals surface area contributed by atoms with Crippen molar-refractivity contribution < 1.29 is 23.8 Å². The highest BCUT2D eigenvalue weighted by Crippen LogP contribution is 2.33. The molecule has 10 nitrogen and oxygen atoms in total. The molecule has 0 fully saturated rings. The van der Waals surface area contributed by atoms with Crippen molar-refractivity contribution >= 4 is 22.8 Å². The first-order valence-electron chi connectivity index (χ1n) is 13.2. The van der Waals surface area contributed by atoms with Crippen molar-refractivity contribution in [1.29, 1.82) is 0 Å². The van der Waals surface area contributed by atoms with Crippen molar-refractivity contribution in [2.75, 3.05) is 34.0 Å². The fraction of sp³-hybridized carbons (Fsp3) is 0.333. The zero-order valence-corrected chi connectivity index (χ0v) is 23.1. The molecule has 0 aliphatic heterocycles. The lowest BCUT2D eigenvalue weighted by Crippen LogP contribution is -2.45. The Balaban J connectivity index is 1.71. The molecule has 1 unspecified atom stereocenters. The van der Waals surface area contributed by atoms with Crippen molar-refractivity contribution in [3.63, 3.8) is 0 Å². The van der Waals surface area contributed by atoms with Crippen molar-refractivity contribution in [1.82, 2.24) is 25.2 Å². The number of carbonyl (C=O) groups excluding carboxylic acids is 2. The number of nitrogens with zero attached hydrogens (tertiary/aromatic N) is 4. The van der Waals surface area contributed by atoms with Crippen LogP contribution < -0.4 is 14.8 Å². The highest BCUT2D eigenvalue weighted by atomic mass is 16.5. The number of fused-ring (bicyclic) bond motifs is 1. The van der Waals surface area contributed by atoms with Gasteiger partial charge in [0.2, 0.25) is 11.8 Å². The second kappa shape index (κ2) is 14.1. The molecule has 3 aromatic carbocycles. The van der Waals surface area contributed by atoms with E-state index >= 15 is 0 Å². The van der Waals surface area contributed by atoms with Crippen LogP contribution in [0.1, 0.15) is 30.5 Å². The Morgan fingerprint density at radius 1 is 1.00 bits per heavy atom. The summed E-state index contributed by atoms with van der Waals surface area (Å²) >= 11 is 0. The molecule has 2 amide bonds. The second-order valence-corrected chi connectivity index (χ2v) is 9.09. The molecule has 1 heterocycles. The average Bonchev–Trinajstić information content (AvgIpc) is 3.40. The van der Waals surface area contributed by atoms with E-state index in [0.717, 1.165) is 11.1 Å². The van der Waals surface area contributed by atoms with Gasteiger partial charge in [0.1, 0.15) is 29.6 Å². The largest absolute Gasteiger partial charge is 0.497 e. The Labute approximate surface area is 233 Å². The molecule has 0 saturated carbocycles. The molecule has 1 atom stereocenters. The molecule has 1 N–H and O–H groups in total. The van der Waals surface area contributed by atoms with Gasteiger partial charge in [-0.15, -0.1) is 5.10 Å². The standard InChI is InChI=1S/C30H35N5O5/c1-4-40-18-10-17-34(28(36)21-35-26-14-9-8-13-25(26)32-33-35)29(24-16-15-23(38-2)19-27(24)39-3)30(37)31-20-22-11-6-5-7-12-22/h5-9,11-16,19,29H,4,10,17-18,20-21H2,1-3H3,(H,31,37). The quantitative estimate of drug-likeness (QED) is 0.240. The third-order valence-corrected chi connectivity index (χ3v) is 6.52. The minimum atomic E-state index is -0.978. The first kappa shape index (κ1) is 28.6. The lowest BCUT2D eigenvalue weighted by molar-refractivity contribution is -0.141. The number of methoxy groups -OCH3 is 2. The Kier molecular flexibility index (Phi) is 10.1. The number of rotatable bonds is 14. The van der Waals surface area contributed by atoms with Gasteiger partial charge in [0.05, 0.1) is 19.7 Å². The number of carbonyl (C=O) groups is 2. The van der Waals surface area contributed by atoms with Gasteiger partial charge in [-0.1, -0.05) is 47.7 Å². The minimum Gasteiger partial charge on any atom is -0.497 e. The number of amides is 2. The van der Waals surface area contributed by atoms with Crippen molar-refractivity contribution in [3.05, 3.63) is 83.9 Å². The maximum absolute atomic E-state index is 14.0. The monoisotopic (exact) mass is 545 g/mol. The summed E-state index contributed by atoms with van der Waals surface area (Å²) in [7, 11) is 3.09. The molecule has 210 valence electrons. The van der Waals surface area contributed by atoms with E-state index in [-0.39, 0.29) is 24.9 Å². The Morgan fingerprint density at radius 2 is 1.77 bits per heavy atom. The summed E-state index contributed by atoms with van der Waals surface area (Å²) in [5.41, 5.74) is 2.91. The molecule has 4 rings (SSSR count). The van der Waals surface area contributed by atoms with Gasteiger partial charge in [-0.25, -0.2) is 4.68 Å². The molecular weight excluding hydrogens is 510 g/mol.